The molecular formula is C13H12N2OS. The lowest BCUT2D eigenvalue weighted by Gasteiger charge is -2.09. The van der Waals surface area contributed by atoms with E-state index in [1.807, 2.05) is 49.4 Å². The zero-order valence-corrected chi connectivity index (χ0v) is 10.2. The van der Waals surface area contributed by atoms with Crippen molar-refractivity contribution in [3.05, 3.63) is 53.7 Å². The largest absolute Gasteiger partial charge is 0.438 e. The third kappa shape index (κ3) is 2.79. The highest BCUT2D eigenvalue weighted by Crippen LogP contribution is 2.23. The number of para-hydroxylation sites is 1. The second kappa shape index (κ2) is 4.93. The van der Waals surface area contributed by atoms with Crippen molar-refractivity contribution in [3.63, 3.8) is 0 Å². The summed E-state index contributed by atoms with van der Waals surface area (Å²) in [7, 11) is 0. The number of aryl methyl sites for hydroxylation is 1. The molecule has 0 radical (unpaired) electrons. The van der Waals surface area contributed by atoms with Gasteiger partial charge in [0.1, 0.15) is 10.7 Å². The van der Waals surface area contributed by atoms with Crippen molar-refractivity contribution in [3.8, 4) is 11.6 Å². The van der Waals surface area contributed by atoms with Crippen LogP contribution in [0.25, 0.3) is 0 Å². The molecule has 17 heavy (non-hydrogen) atoms. The summed E-state index contributed by atoms with van der Waals surface area (Å²) in [5.41, 5.74) is 7.13. The number of hydrogen-bond acceptors (Lipinski definition) is 3. The molecule has 3 nitrogen and oxygen atoms in total. The summed E-state index contributed by atoms with van der Waals surface area (Å²) in [6.45, 7) is 1.89. The first kappa shape index (κ1) is 11.5. The highest BCUT2D eigenvalue weighted by molar-refractivity contribution is 7.80. The fourth-order valence-electron chi connectivity index (χ4n) is 1.40. The van der Waals surface area contributed by atoms with Gasteiger partial charge in [0, 0.05) is 5.69 Å². The Bertz CT molecular complexity index is 540. The molecule has 0 aliphatic rings. The molecule has 1 aromatic heterocycles. The molecular weight excluding hydrogens is 232 g/mol. The fourth-order valence-corrected chi connectivity index (χ4v) is 1.55. The number of aromatic nitrogens is 1. The lowest BCUT2D eigenvalue weighted by molar-refractivity contribution is 0.460. The molecule has 0 fully saturated rings. The Morgan fingerprint density at radius 2 is 1.88 bits per heavy atom. The molecule has 0 spiro atoms. The zero-order chi connectivity index (χ0) is 12.3. The van der Waals surface area contributed by atoms with Crippen LogP contribution in [0.5, 0.6) is 11.6 Å². The van der Waals surface area contributed by atoms with E-state index >= 15 is 0 Å². The van der Waals surface area contributed by atoms with Crippen LogP contribution in [0.3, 0.4) is 0 Å². The van der Waals surface area contributed by atoms with Crippen molar-refractivity contribution < 1.29 is 4.74 Å². The van der Waals surface area contributed by atoms with Gasteiger partial charge in [-0.15, -0.1) is 0 Å². The number of thiocarbonyl (C=S) groups is 1. The van der Waals surface area contributed by atoms with Crippen LogP contribution in [0.4, 0.5) is 0 Å². The van der Waals surface area contributed by atoms with Gasteiger partial charge in [-0.2, -0.15) is 0 Å². The number of nitrogens with zero attached hydrogens (tertiary/aromatic N) is 1. The number of pyridine rings is 1. The molecule has 0 atom stereocenters. The minimum Gasteiger partial charge on any atom is -0.438 e. The molecule has 0 bridgehead atoms. The molecule has 4 heteroatoms. The summed E-state index contributed by atoms with van der Waals surface area (Å²) in [6, 6.07) is 13.1. The molecule has 1 heterocycles. The van der Waals surface area contributed by atoms with E-state index in [4.69, 9.17) is 22.7 Å². The average Bonchev–Trinajstić information content (AvgIpc) is 2.30. The first-order chi connectivity index (χ1) is 8.16. The van der Waals surface area contributed by atoms with Gasteiger partial charge in [-0.05, 0) is 31.2 Å². The van der Waals surface area contributed by atoms with Crippen LogP contribution < -0.4 is 10.5 Å². The summed E-state index contributed by atoms with van der Waals surface area (Å²) in [6.07, 6.45) is 0. The van der Waals surface area contributed by atoms with Crippen LogP contribution >= 0.6 is 12.2 Å². The smallest absolute Gasteiger partial charge is 0.229 e. The highest BCUT2D eigenvalue weighted by atomic mass is 32.1. The lowest BCUT2D eigenvalue weighted by atomic mass is 10.2. The monoisotopic (exact) mass is 244 g/mol. The van der Waals surface area contributed by atoms with Crippen molar-refractivity contribution >= 4 is 17.2 Å². The Kier molecular flexibility index (Phi) is 3.35. The van der Waals surface area contributed by atoms with E-state index in [1.165, 1.54) is 0 Å². The zero-order valence-electron chi connectivity index (χ0n) is 9.38. The molecule has 0 aliphatic carbocycles. The molecule has 0 unspecified atom stereocenters. The molecule has 2 rings (SSSR count). The fraction of sp³-hybridized carbons (Fsp3) is 0.0769. The van der Waals surface area contributed by atoms with Gasteiger partial charge in [-0.3, -0.25) is 0 Å². The predicted molar refractivity (Wildman–Crippen MR) is 71.4 cm³/mol. The molecule has 2 aromatic rings. The van der Waals surface area contributed by atoms with Crippen LogP contribution in [-0.2, 0) is 0 Å². The van der Waals surface area contributed by atoms with E-state index in [1.54, 1.807) is 0 Å². The topological polar surface area (TPSA) is 48.1 Å². The van der Waals surface area contributed by atoms with Crippen LogP contribution in [0.1, 0.15) is 11.3 Å². The maximum Gasteiger partial charge on any atom is 0.229 e. The minimum absolute atomic E-state index is 0.281. The van der Waals surface area contributed by atoms with Gasteiger partial charge < -0.3 is 10.5 Å². The van der Waals surface area contributed by atoms with Crippen molar-refractivity contribution in [1.29, 1.82) is 0 Å². The Balaban J connectivity index is 2.37. The summed E-state index contributed by atoms with van der Waals surface area (Å²) in [5, 5.41) is 0. The first-order valence-corrected chi connectivity index (χ1v) is 5.58. The van der Waals surface area contributed by atoms with Gasteiger partial charge in [0.15, 0.2) is 0 Å². The van der Waals surface area contributed by atoms with Gasteiger partial charge in [0.05, 0.1) is 5.56 Å². The highest BCUT2D eigenvalue weighted by Gasteiger charge is 2.09. The normalized spacial score (nSPS) is 9.94. The second-order valence-electron chi connectivity index (χ2n) is 3.58. The Labute approximate surface area is 105 Å². The van der Waals surface area contributed by atoms with E-state index in [2.05, 4.69) is 4.98 Å². The molecule has 0 aliphatic heterocycles. The number of rotatable bonds is 3. The van der Waals surface area contributed by atoms with Gasteiger partial charge in [-0.25, -0.2) is 4.98 Å². The van der Waals surface area contributed by atoms with Crippen molar-refractivity contribution in [2.75, 3.05) is 0 Å². The molecule has 2 N–H and O–H groups in total. The lowest BCUT2D eigenvalue weighted by Crippen LogP contribution is -2.11. The van der Waals surface area contributed by atoms with E-state index < -0.39 is 0 Å². The molecule has 0 amide bonds. The Hall–Kier alpha value is -1.94. The van der Waals surface area contributed by atoms with E-state index in [0.29, 0.717) is 17.2 Å². The molecule has 1 aromatic carbocycles. The SMILES string of the molecule is Cc1ccc(C(N)=S)c(Oc2ccccc2)n1. The van der Waals surface area contributed by atoms with Crippen LogP contribution in [0.2, 0.25) is 0 Å². The number of nitrogens with two attached hydrogens (primary N) is 1. The summed E-state index contributed by atoms with van der Waals surface area (Å²) < 4.78 is 5.67. The Morgan fingerprint density at radius 3 is 2.53 bits per heavy atom. The molecule has 0 saturated carbocycles. The predicted octanol–water partition coefficient (Wildman–Crippen LogP) is 2.82. The average molecular weight is 244 g/mol. The maximum absolute atomic E-state index is 5.67. The van der Waals surface area contributed by atoms with Crippen LogP contribution in [0, 0.1) is 6.92 Å². The summed E-state index contributed by atoms with van der Waals surface area (Å²) in [4.78, 5) is 4.58. The van der Waals surface area contributed by atoms with Crippen molar-refractivity contribution in [2.24, 2.45) is 5.73 Å². The van der Waals surface area contributed by atoms with E-state index in [0.717, 1.165) is 5.69 Å². The second-order valence-corrected chi connectivity index (χ2v) is 4.02. The van der Waals surface area contributed by atoms with Crippen molar-refractivity contribution in [1.82, 2.24) is 4.98 Å². The summed E-state index contributed by atoms with van der Waals surface area (Å²) >= 11 is 4.97. The number of ether oxygens (including phenoxy) is 1. The van der Waals surface area contributed by atoms with Gasteiger partial charge in [0.25, 0.3) is 0 Å². The van der Waals surface area contributed by atoms with Crippen LogP contribution in [0.15, 0.2) is 42.5 Å². The maximum atomic E-state index is 5.67. The molecule has 86 valence electrons. The van der Waals surface area contributed by atoms with E-state index in [-0.39, 0.29) is 4.99 Å². The van der Waals surface area contributed by atoms with Crippen LogP contribution in [-0.4, -0.2) is 9.97 Å². The van der Waals surface area contributed by atoms with E-state index in [9.17, 15) is 0 Å². The standard InChI is InChI=1S/C13H12N2OS/c1-9-7-8-11(12(14)17)13(15-9)16-10-5-3-2-4-6-10/h2-8H,1H3,(H2,14,17). The van der Waals surface area contributed by atoms with Gasteiger partial charge >= 0.3 is 0 Å². The summed E-state index contributed by atoms with van der Waals surface area (Å²) in [5.74, 6) is 1.16. The number of hydrogen-bond donors (Lipinski definition) is 1. The van der Waals surface area contributed by atoms with Gasteiger partial charge in [0.2, 0.25) is 5.88 Å². The van der Waals surface area contributed by atoms with Crippen molar-refractivity contribution in [2.45, 2.75) is 6.92 Å². The Morgan fingerprint density at radius 1 is 1.18 bits per heavy atom. The quantitative estimate of drug-likeness (QED) is 0.843. The first-order valence-electron chi connectivity index (χ1n) is 5.17. The third-order valence-corrected chi connectivity index (χ3v) is 2.44. The van der Waals surface area contributed by atoms with Gasteiger partial charge in [-0.1, -0.05) is 30.4 Å². The number of benzene rings is 1. The third-order valence-electron chi connectivity index (χ3n) is 2.22. The molecule has 0 saturated heterocycles. The minimum atomic E-state index is 0.281.